The number of alkyl halides is 1. The highest BCUT2D eigenvalue weighted by atomic mass is 32.2. The van der Waals surface area contributed by atoms with E-state index in [2.05, 4.69) is 47.5 Å². The summed E-state index contributed by atoms with van der Waals surface area (Å²) in [7, 11) is 0. The number of pyridine rings is 1. The van der Waals surface area contributed by atoms with E-state index in [0.29, 0.717) is 25.9 Å². The lowest BCUT2D eigenvalue weighted by molar-refractivity contribution is -0.103. The Morgan fingerprint density at radius 2 is 2.03 bits per heavy atom. The number of benzene rings is 1. The molecule has 1 aliphatic rings. The number of amidine groups is 1. The van der Waals surface area contributed by atoms with Crippen LogP contribution in [0, 0.1) is 6.92 Å². The molecule has 34 heavy (non-hydrogen) atoms. The molecular formula is C25H29FN6OS. The van der Waals surface area contributed by atoms with Crippen LogP contribution < -0.4 is 10.3 Å². The minimum atomic E-state index is -1.10. The van der Waals surface area contributed by atoms with Crippen molar-refractivity contribution >= 4 is 41.1 Å². The monoisotopic (exact) mass is 480 g/mol. The maximum absolute atomic E-state index is 13.3. The van der Waals surface area contributed by atoms with E-state index in [1.54, 1.807) is 9.31 Å². The summed E-state index contributed by atoms with van der Waals surface area (Å²) in [6, 6.07) is 12.1. The van der Waals surface area contributed by atoms with Gasteiger partial charge in [-0.2, -0.15) is 5.10 Å². The van der Waals surface area contributed by atoms with Crippen LogP contribution in [0.5, 0.6) is 0 Å². The van der Waals surface area contributed by atoms with Crippen molar-refractivity contribution in [2.45, 2.75) is 39.2 Å². The first-order valence-corrected chi connectivity index (χ1v) is 12.1. The van der Waals surface area contributed by atoms with Crippen LogP contribution in [0.4, 0.5) is 10.1 Å². The molecule has 0 saturated heterocycles. The first-order valence-electron chi connectivity index (χ1n) is 11.3. The van der Waals surface area contributed by atoms with Crippen LogP contribution >= 0.6 is 11.9 Å². The molecule has 1 aliphatic heterocycles. The van der Waals surface area contributed by atoms with Crippen LogP contribution in [0.3, 0.4) is 0 Å². The van der Waals surface area contributed by atoms with Crippen LogP contribution in [0.15, 0.2) is 54.3 Å². The molecule has 0 bridgehead atoms. The molecule has 1 atom stereocenters. The summed E-state index contributed by atoms with van der Waals surface area (Å²) in [4.78, 5) is 16.2. The van der Waals surface area contributed by atoms with E-state index in [-0.39, 0.29) is 5.84 Å². The standard InChI is InChI=1S/C25H29FN6OS/c1-5-22-25(30-15-17(2)6-11-23(30)28-22)18(3)27-14-20-7-9-21(10-8-20)31-12-13-32(34-19(4)26)24(16-33)29-31/h6-11,15-16,19,27H,3,5,12-14H2,1-2,4H3. The van der Waals surface area contributed by atoms with Gasteiger partial charge in [0, 0.05) is 12.7 Å². The van der Waals surface area contributed by atoms with Crippen LogP contribution in [0.25, 0.3) is 11.3 Å². The highest BCUT2D eigenvalue weighted by Gasteiger charge is 2.22. The van der Waals surface area contributed by atoms with Gasteiger partial charge in [0.2, 0.25) is 0 Å². The quantitative estimate of drug-likeness (QED) is 0.358. The molecule has 3 aromatic rings. The molecule has 0 fully saturated rings. The molecule has 0 radical (unpaired) electrons. The van der Waals surface area contributed by atoms with E-state index in [1.165, 1.54) is 6.92 Å². The first-order chi connectivity index (χ1) is 16.4. The molecule has 0 spiro atoms. The summed E-state index contributed by atoms with van der Waals surface area (Å²) in [6.45, 7) is 11.6. The molecule has 0 amide bonds. The average Bonchev–Trinajstić information content (AvgIpc) is 3.20. The third-order valence-corrected chi connectivity index (χ3v) is 6.49. The number of halogens is 1. The number of nitrogens with one attached hydrogen (secondary N) is 1. The second-order valence-corrected chi connectivity index (χ2v) is 9.44. The molecule has 0 saturated carbocycles. The van der Waals surface area contributed by atoms with Gasteiger partial charge in [-0.3, -0.25) is 18.5 Å². The number of carbonyl (C=O) groups is 1. The fourth-order valence-electron chi connectivity index (χ4n) is 3.92. The summed E-state index contributed by atoms with van der Waals surface area (Å²) in [5.74, 6) is 0.220. The Bertz CT molecular complexity index is 1220. The van der Waals surface area contributed by atoms with Gasteiger partial charge in [0.05, 0.1) is 35.9 Å². The van der Waals surface area contributed by atoms with E-state index < -0.39 is 5.50 Å². The highest BCUT2D eigenvalue weighted by molar-refractivity contribution is 7.98. The predicted octanol–water partition coefficient (Wildman–Crippen LogP) is 4.56. The minimum Gasteiger partial charge on any atom is -0.380 e. The molecule has 7 nitrogen and oxygen atoms in total. The third kappa shape index (κ3) is 5.09. The lowest BCUT2D eigenvalue weighted by atomic mass is 10.1. The maximum atomic E-state index is 13.3. The Morgan fingerprint density at radius 3 is 2.71 bits per heavy atom. The van der Waals surface area contributed by atoms with Gasteiger partial charge in [0.15, 0.2) is 17.6 Å². The Balaban J connectivity index is 1.44. The molecule has 9 heteroatoms. The number of rotatable bonds is 9. The minimum absolute atomic E-state index is 0.220. The Labute approximate surface area is 203 Å². The molecule has 0 aliphatic carbocycles. The number of imidazole rings is 1. The van der Waals surface area contributed by atoms with Gasteiger partial charge >= 0.3 is 0 Å². The lowest BCUT2D eigenvalue weighted by Gasteiger charge is -2.32. The number of carbonyl (C=O) groups excluding carboxylic acids is 1. The zero-order valence-corrected chi connectivity index (χ0v) is 20.5. The Kier molecular flexibility index (Phi) is 7.21. The molecular weight excluding hydrogens is 451 g/mol. The third-order valence-electron chi connectivity index (χ3n) is 5.57. The van der Waals surface area contributed by atoms with Gasteiger partial charge in [-0.25, -0.2) is 9.37 Å². The van der Waals surface area contributed by atoms with Gasteiger partial charge in [0.1, 0.15) is 5.65 Å². The zero-order chi connectivity index (χ0) is 24.2. The number of aryl methyl sites for hydroxylation is 2. The summed E-state index contributed by atoms with van der Waals surface area (Å²) in [5, 5.41) is 9.59. The van der Waals surface area contributed by atoms with Crippen molar-refractivity contribution in [1.29, 1.82) is 0 Å². The molecule has 2 aromatic heterocycles. The molecule has 1 aromatic carbocycles. The molecule has 3 heterocycles. The summed E-state index contributed by atoms with van der Waals surface area (Å²) >= 11 is 0.975. The van der Waals surface area contributed by atoms with Gasteiger partial charge in [-0.1, -0.05) is 31.7 Å². The van der Waals surface area contributed by atoms with Crippen molar-refractivity contribution in [3.8, 4) is 0 Å². The number of aldehydes is 1. The van der Waals surface area contributed by atoms with E-state index in [4.69, 9.17) is 4.98 Å². The van der Waals surface area contributed by atoms with Crippen molar-refractivity contribution < 1.29 is 9.18 Å². The first kappa shape index (κ1) is 23.8. The second kappa shape index (κ2) is 10.3. The van der Waals surface area contributed by atoms with E-state index in [0.717, 1.165) is 57.9 Å². The normalized spacial score (nSPS) is 14.8. The molecule has 178 valence electrons. The zero-order valence-electron chi connectivity index (χ0n) is 19.7. The Hall–Kier alpha value is -3.33. The number of fused-ring (bicyclic) bond motifs is 1. The predicted molar refractivity (Wildman–Crippen MR) is 137 cm³/mol. The highest BCUT2D eigenvalue weighted by Crippen LogP contribution is 2.25. The molecule has 4 rings (SSSR count). The van der Waals surface area contributed by atoms with Crippen LogP contribution in [0.1, 0.15) is 36.4 Å². The fourth-order valence-corrected chi connectivity index (χ4v) is 4.64. The maximum Gasteiger partial charge on any atom is 0.199 e. The van der Waals surface area contributed by atoms with Crippen molar-refractivity contribution in [3.05, 3.63) is 71.7 Å². The van der Waals surface area contributed by atoms with E-state index in [1.807, 2.05) is 30.3 Å². The van der Waals surface area contributed by atoms with E-state index >= 15 is 0 Å². The number of hydrazone groups is 1. The number of aromatic nitrogens is 2. The van der Waals surface area contributed by atoms with Crippen LogP contribution in [0.2, 0.25) is 0 Å². The van der Waals surface area contributed by atoms with Crippen LogP contribution in [-0.4, -0.2) is 44.4 Å². The Morgan fingerprint density at radius 1 is 1.26 bits per heavy atom. The molecule has 1 N–H and O–H groups in total. The second-order valence-electron chi connectivity index (χ2n) is 8.14. The van der Waals surface area contributed by atoms with Crippen molar-refractivity contribution in [2.24, 2.45) is 5.10 Å². The smallest absolute Gasteiger partial charge is 0.199 e. The van der Waals surface area contributed by atoms with Gasteiger partial charge < -0.3 is 5.32 Å². The number of anilines is 1. The largest absolute Gasteiger partial charge is 0.380 e. The van der Waals surface area contributed by atoms with E-state index in [9.17, 15) is 9.18 Å². The van der Waals surface area contributed by atoms with Crippen molar-refractivity contribution in [3.63, 3.8) is 0 Å². The summed E-state index contributed by atoms with van der Waals surface area (Å²) in [6.07, 6.45) is 3.57. The average molecular weight is 481 g/mol. The number of hydrogen-bond donors (Lipinski definition) is 1. The number of hydrogen-bond acceptors (Lipinski definition) is 7. The van der Waals surface area contributed by atoms with Crippen molar-refractivity contribution in [1.82, 2.24) is 19.0 Å². The number of nitrogens with zero attached hydrogens (tertiary/aromatic N) is 5. The topological polar surface area (TPSA) is 65.2 Å². The summed E-state index contributed by atoms with van der Waals surface area (Å²) < 4.78 is 17.0. The van der Waals surface area contributed by atoms with Crippen molar-refractivity contribution in [2.75, 3.05) is 18.1 Å². The fraction of sp³-hybridized carbons (Fsp3) is 0.320. The lowest BCUT2D eigenvalue weighted by Crippen LogP contribution is -2.41. The SMILES string of the molecule is C=C(NCc1ccc(N2CCN(SC(C)F)C(C=O)=N2)cc1)c1c(CC)nc2ccc(C)cn12. The van der Waals surface area contributed by atoms with Gasteiger partial charge in [-0.05, 0) is 61.5 Å². The summed E-state index contributed by atoms with van der Waals surface area (Å²) in [5.41, 5.74) is 5.80. The van der Waals surface area contributed by atoms with Gasteiger partial charge in [0.25, 0.3) is 0 Å². The van der Waals surface area contributed by atoms with Gasteiger partial charge in [-0.15, -0.1) is 0 Å². The van der Waals surface area contributed by atoms with Crippen LogP contribution in [-0.2, 0) is 17.8 Å². The molecule has 1 unspecified atom stereocenters.